The zero-order valence-corrected chi connectivity index (χ0v) is 13.3. The third-order valence-corrected chi connectivity index (χ3v) is 3.90. The van der Waals surface area contributed by atoms with E-state index in [1.165, 1.54) is 5.01 Å². The monoisotopic (exact) mass is 270 g/mol. The molecule has 0 amide bonds. The molecule has 1 N–H and O–H groups in total. The lowest BCUT2D eigenvalue weighted by molar-refractivity contribution is -0.00901. The third-order valence-electron chi connectivity index (χ3n) is 2.59. The van der Waals surface area contributed by atoms with E-state index in [0.717, 1.165) is 25.4 Å². The maximum atomic E-state index is 5.65. The number of ether oxygens (including phenoxy) is 1. The summed E-state index contributed by atoms with van der Waals surface area (Å²) in [5.41, 5.74) is 1.16. The van der Waals surface area contributed by atoms with Crippen LogP contribution in [0.3, 0.4) is 0 Å². The fourth-order valence-electron chi connectivity index (χ4n) is 1.67. The van der Waals surface area contributed by atoms with Crippen LogP contribution in [0.1, 0.15) is 52.2 Å². The number of hydrogen-bond donors (Lipinski definition) is 1. The number of aromatic nitrogens is 1. The van der Waals surface area contributed by atoms with E-state index in [2.05, 4.69) is 50.3 Å². The minimum absolute atomic E-state index is 0.113. The zero-order valence-electron chi connectivity index (χ0n) is 12.5. The summed E-state index contributed by atoms with van der Waals surface area (Å²) < 4.78 is 5.65. The summed E-state index contributed by atoms with van der Waals surface area (Å²) >= 11 is 1.74. The Kier molecular flexibility index (Phi) is 5.32. The highest BCUT2D eigenvalue weighted by atomic mass is 32.1. The summed E-state index contributed by atoms with van der Waals surface area (Å²) in [6.07, 6.45) is 0. The molecule has 18 heavy (non-hydrogen) atoms. The second-order valence-electron chi connectivity index (χ2n) is 6.19. The van der Waals surface area contributed by atoms with Crippen LogP contribution >= 0.6 is 11.3 Å². The molecule has 1 rings (SSSR count). The Hall–Kier alpha value is -0.450. The molecule has 0 aliphatic carbocycles. The summed E-state index contributed by atoms with van der Waals surface area (Å²) in [6, 6.07) is 0. The molecule has 1 aromatic rings. The number of nitrogens with zero attached hydrogens (tertiary/aromatic N) is 1. The Morgan fingerprint density at radius 2 is 1.94 bits per heavy atom. The summed E-state index contributed by atoms with van der Waals surface area (Å²) in [4.78, 5) is 4.66. The molecule has 0 fully saturated rings. The maximum absolute atomic E-state index is 5.65. The molecule has 0 aliphatic heterocycles. The molecule has 0 spiro atoms. The first-order chi connectivity index (χ1) is 8.24. The van der Waals surface area contributed by atoms with Crippen LogP contribution in [0.4, 0.5) is 0 Å². The van der Waals surface area contributed by atoms with Crippen molar-refractivity contribution in [1.29, 1.82) is 0 Å². The van der Waals surface area contributed by atoms with E-state index < -0.39 is 0 Å². The van der Waals surface area contributed by atoms with E-state index in [1.54, 1.807) is 11.3 Å². The molecule has 0 atom stereocenters. The summed E-state index contributed by atoms with van der Waals surface area (Å²) in [5, 5.41) is 6.75. The minimum Gasteiger partial charge on any atom is -0.375 e. The van der Waals surface area contributed by atoms with Gasteiger partial charge >= 0.3 is 0 Å². The standard InChI is InChI=1S/C14H26N2OS/c1-7-17-14(5,6)10-15-8-11-9-18-12(16-11)13(2,3)4/h9,15H,7-8,10H2,1-6H3. The van der Waals surface area contributed by atoms with E-state index in [1.807, 2.05) is 6.92 Å². The van der Waals surface area contributed by atoms with Crippen molar-refractivity contribution < 1.29 is 4.74 Å². The molecule has 0 bridgehead atoms. The van der Waals surface area contributed by atoms with Crippen molar-refractivity contribution in [1.82, 2.24) is 10.3 Å². The fraction of sp³-hybridized carbons (Fsp3) is 0.786. The van der Waals surface area contributed by atoms with Crippen molar-refractivity contribution in [2.24, 2.45) is 0 Å². The van der Waals surface area contributed by atoms with Crippen LogP contribution in [-0.4, -0.2) is 23.7 Å². The van der Waals surface area contributed by atoms with Crippen molar-refractivity contribution in [2.75, 3.05) is 13.2 Å². The summed E-state index contributed by atoms with van der Waals surface area (Å²) in [5.74, 6) is 0. The average molecular weight is 270 g/mol. The van der Waals surface area contributed by atoms with E-state index in [9.17, 15) is 0 Å². The van der Waals surface area contributed by atoms with Crippen molar-refractivity contribution >= 4 is 11.3 Å². The number of nitrogens with one attached hydrogen (secondary N) is 1. The zero-order chi connectivity index (χ0) is 13.8. The van der Waals surface area contributed by atoms with Gasteiger partial charge in [-0.25, -0.2) is 4.98 Å². The van der Waals surface area contributed by atoms with Gasteiger partial charge in [-0.2, -0.15) is 0 Å². The lowest BCUT2D eigenvalue weighted by atomic mass is 9.98. The first kappa shape index (κ1) is 15.6. The number of hydrogen-bond acceptors (Lipinski definition) is 4. The Bertz CT molecular complexity index is 366. The summed E-state index contributed by atoms with van der Waals surface area (Å²) in [6.45, 7) is 15.2. The highest BCUT2D eigenvalue weighted by molar-refractivity contribution is 7.09. The molecule has 0 aliphatic rings. The number of rotatable bonds is 6. The highest BCUT2D eigenvalue weighted by Gasteiger charge is 2.19. The second-order valence-corrected chi connectivity index (χ2v) is 7.05. The van der Waals surface area contributed by atoms with Gasteiger partial charge in [0.15, 0.2) is 0 Å². The SMILES string of the molecule is CCOC(C)(C)CNCc1csc(C(C)(C)C)n1. The van der Waals surface area contributed by atoms with Gasteiger partial charge in [0.25, 0.3) is 0 Å². The smallest absolute Gasteiger partial charge is 0.0982 e. The molecule has 4 heteroatoms. The van der Waals surface area contributed by atoms with Crippen LogP contribution in [0.2, 0.25) is 0 Å². The van der Waals surface area contributed by atoms with Gasteiger partial charge in [0.2, 0.25) is 0 Å². The first-order valence-corrected chi connectivity index (χ1v) is 7.42. The lowest BCUT2D eigenvalue weighted by Crippen LogP contribution is -2.37. The van der Waals surface area contributed by atoms with Crippen molar-refractivity contribution in [3.8, 4) is 0 Å². The van der Waals surface area contributed by atoms with Crippen molar-refractivity contribution in [3.63, 3.8) is 0 Å². The van der Waals surface area contributed by atoms with Gasteiger partial charge in [0.1, 0.15) is 0 Å². The molecule has 3 nitrogen and oxygen atoms in total. The molecular weight excluding hydrogens is 244 g/mol. The summed E-state index contributed by atoms with van der Waals surface area (Å²) in [7, 11) is 0. The molecule has 0 saturated heterocycles. The average Bonchev–Trinajstić information content (AvgIpc) is 2.65. The Morgan fingerprint density at radius 3 is 2.44 bits per heavy atom. The molecule has 1 heterocycles. The predicted molar refractivity (Wildman–Crippen MR) is 78.2 cm³/mol. The normalized spacial score (nSPS) is 13.0. The Labute approximate surface area is 115 Å². The largest absolute Gasteiger partial charge is 0.375 e. The van der Waals surface area contributed by atoms with Crippen LogP contribution in [0.15, 0.2) is 5.38 Å². The van der Waals surface area contributed by atoms with Crippen LogP contribution in [0, 0.1) is 0 Å². The number of thiazole rings is 1. The van der Waals surface area contributed by atoms with Crippen LogP contribution in [-0.2, 0) is 16.7 Å². The van der Waals surface area contributed by atoms with E-state index in [0.29, 0.717) is 0 Å². The molecule has 0 unspecified atom stereocenters. The molecule has 0 radical (unpaired) electrons. The van der Waals surface area contributed by atoms with Gasteiger partial charge in [-0.05, 0) is 20.8 Å². The van der Waals surface area contributed by atoms with Crippen LogP contribution in [0.25, 0.3) is 0 Å². The lowest BCUT2D eigenvalue weighted by Gasteiger charge is -2.24. The first-order valence-electron chi connectivity index (χ1n) is 6.54. The van der Waals surface area contributed by atoms with Gasteiger partial charge in [0, 0.05) is 30.5 Å². The fourth-order valence-corrected chi connectivity index (χ4v) is 2.57. The predicted octanol–water partition coefficient (Wildman–Crippen LogP) is 3.35. The molecule has 1 aromatic heterocycles. The Balaban J connectivity index is 2.43. The quantitative estimate of drug-likeness (QED) is 0.861. The van der Waals surface area contributed by atoms with E-state index >= 15 is 0 Å². The van der Waals surface area contributed by atoms with Gasteiger partial charge in [-0.3, -0.25) is 0 Å². The molecule has 0 aromatic carbocycles. The van der Waals surface area contributed by atoms with Crippen LogP contribution < -0.4 is 5.32 Å². The van der Waals surface area contributed by atoms with Gasteiger partial charge in [0.05, 0.1) is 16.3 Å². The third kappa shape index (κ3) is 5.04. The van der Waals surface area contributed by atoms with E-state index in [-0.39, 0.29) is 11.0 Å². The van der Waals surface area contributed by atoms with E-state index in [4.69, 9.17) is 4.74 Å². The van der Waals surface area contributed by atoms with Gasteiger partial charge < -0.3 is 10.1 Å². The maximum Gasteiger partial charge on any atom is 0.0982 e. The second kappa shape index (κ2) is 6.13. The Morgan fingerprint density at radius 1 is 1.28 bits per heavy atom. The molecule has 104 valence electrons. The highest BCUT2D eigenvalue weighted by Crippen LogP contribution is 2.25. The van der Waals surface area contributed by atoms with Crippen molar-refractivity contribution in [2.45, 2.75) is 59.1 Å². The van der Waals surface area contributed by atoms with Gasteiger partial charge in [-0.1, -0.05) is 20.8 Å². The molecular formula is C14H26N2OS. The molecule has 0 saturated carbocycles. The topological polar surface area (TPSA) is 34.1 Å². The van der Waals surface area contributed by atoms with Crippen molar-refractivity contribution in [3.05, 3.63) is 16.1 Å². The van der Waals surface area contributed by atoms with Gasteiger partial charge in [-0.15, -0.1) is 11.3 Å². The minimum atomic E-state index is -0.113. The van der Waals surface area contributed by atoms with Crippen LogP contribution in [0.5, 0.6) is 0 Å².